The zero-order valence-corrected chi connectivity index (χ0v) is 25.2. The summed E-state index contributed by atoms with van der Waals surface area (Å²) in [7, 11) is 4.08. The van der Waals surface area contributed by atoms with Gasteiger partial charge in [-0.15, -0.1) is 11.3 Å². The molecule has 214 valence electrons. The summed E-state index contributed by atoms with van der Waals surface area (Å²) in [6.45, 7) is 9.35. The molecule has 0 saturated heterocycles. The van der Waals surface area contributed by atoms with Gasteiger partial charge in [-0.25, -0.2) is 9.78 Å². The number of carboxylic acid groups (broad SMARTS) is 1. The number of carbonyl (C=O) groups excluding carboxylic acids is 1. The first-order valence-corrected chi connectivity index (χ1v) is 15.2. The molecule has 2 aliphatic rings. The first kappa shape index (κ1) is 29.5. The van der Waals surface area contributed by atoms with Crippen LogP contribution in [0.25, 0.3) is 0 Å². The molecule has 1 N–H and O–H groups in total. The minimum Gasteiger partial charge on any atom is -0.477 e. The Morgan fingerprint density at radius 3 is 2.31 bits per heavy atom. The number of hydrogen-bond acceptors (Lipinski definition) is 6. The molecular weight excluding hydrogens is 510 g/mol. The average Bonchev–Trinajstić information content (AvgIpc) is 3.32. The third-order valence-corrected chi connectivity index (χ3v) is 9.64. The number of anilines is 1. The quantitative estimate of drug-likeness (QED) is 0.388. The van der Waals surface area contributed by atoms with Crippen LogP contribution in [0.1, 0.15) is 99.2 Å². The molecule has 2 saturated carbocycles. The van der Waals surface area contributed by atoms with Crippen molar-refractivity contribution >= 4 is 28.9 Å². The highest BCUT2D eigenvalue weighted by atomic mass is 32.1. The number of rotatable bonds is 8. The third-order valence-electron chi connectivity index (χ3n) is 8.10. The minimum absolute atomic E-state index is 0.0300. The van der Waals surface area contributed by atoms with Gasteiger partial charge in [-0.3, -0.25) is 4.79 Å². The monoisotopic (exact) mass is 555 g/mol. The number of nitrogens with zero attached hydrogens (tertiary/aromatic N) is 3. The molecule has 2 fully saturated rings. The van der Waals surface area contributed by atoms with E-state index >= 15 is 0 Å². The van der Waals surface area contributed by atoms with Gasteiger partial charge in [0, 0.05) is 35.6 Å². The molecule has 0 unspecified atom stereocenters. The zero-order chi connectivity index (χ0) is 28.3. The summed E-state index contributed by atoms with van der Waals surface area (Å²) in [6.07, 6.45) is 8.83. The SMILES string of the molecule is CC1CCC(C(=O)N(c2cc(C(C)(C)C)sc2C(=O)O)C2CCC(Oc3cc(CN(C)C)ccn3)CC2)CC1. The Kier molecular flexibility index (Phi) is 9.37. The van der Waals surface area contributed by atoms with Crippen molar-refractivity contribution in [3.63, 3.8) is 0 Å². The van der Waals surface area contributed by atoms with Gasteiger partial charge < -0.3 is 19.6 Å². The van der Waals surface area contributed by atoms with Crippen LogP contribution < -0.4 is 9.64 Å². The molecule has 0 bridgehead atoms. The van der Waals surface area contributed by atoms with Gasteiger partial charge in [0.25, 0.3) is 0 Å². The molecular formula is C31H45N3O4S. The van der Waals surface area contributed by atoms with Crippen LogP contribution in [-0.4, -0.2) is 53.1 Å². The van der Waals surface area contributed by atoms with Crippen molar-refractivity contribution in [2.24, 2.45) is 11.8 Å². The summed E-state index contributed by atoms with van der Waals surface area (Å²) in [5.74, 6) is 0.385. The number of pyridine rings is 1. The first-order valence-electron chi connectivity index (χ1n) is 14.4. The van der Waals surface area contributed by atoms with Crippen LogP contribution in [0.15, 0.2) is 24.4 Å². The highest BCUT2D eigenvalue weighted by molar-refractivity contribution is 7.14. The molecule has 0 atom stereocenters. The summed E-state index contributed by atoms with van der Waals surface area (Å²) >= 11 is 1.31. The number of carbonyl (C=O) groups is 2. The number of aromatic nitrogens is 1. The molecule has 1 amide bonds. The van der Waals surface area contributed by atoms with Crippen molar-refractivity contribution in [2.45, 2.75) is 103 Å². The fourth-order valence-electron chi connectivity index (χ4n) is 5.85. The second kappa shape index (κ2) is 12.4. The van der Waals surface area contributed by atoms with E-state index in [0.717, 1.165) is 68.4 Å². The van der Waals surface area contributed by atoms with Crippen LogP contribution in [0.5, 0.6) is 5.88 Å². The number of carboxylic acids is 1. The topological polar surface area (TPSA) is 83.0 Å². The van der Waals surface area contributed by atoms with Crippen LogP contribution in [0.2, 0.25) is 0 Å². The number of aromatic carboxylic acids is 1. The molecule has 2 aromatic rings. The smallest absolute Gasteiger partial charge is 0.348 e. The molecule has 0 aromatic carbocycles. The molecule has 2 aliphatic carbocycles. The molecule has 2 aromatic heterocycles. The van der Waals surface area contributed by atoms with E-state index in [9.17, 15) is 14.7 Å². The fourth-order valence-corrected chi connectivity index (χ4v) is 6.90. The fraction of sp³-hybridized carbons (Fsp3) is 0.645. The van der Waals surface area contributed by atoms with Crippen molar-refractivity contribution < 1.29 is 19.4 Å². The van der Waals surface area contributed by atoms with Gasteiger partial charge in [0.2, 0.25) is 11.8 Å². The molecule has 7 nitrogen and oxygen atoms in total. The van der Waals surface area contributed by atoms with Crippen LogP contribution in [0.3, 0.4) is 0 Å². The highest BCUT2D eigenvalue weighted by Gasteiger charge is 2.38. The summed E-state index contributed by atoms with van der Waals surface area (Å²) in [5.41, 5.74) is 1.55. The second-order valence-electron chi connectivity index (χ2n) is 12.8. The summed E-state index contributed by atoms with van der Waals surface area (Å²) in [6, 6.07) is 5.95. The lowest BCUT2D eigenvalue weighted by atomic mass is 9.81. The lowest BCUT2D eigenvalue weighted by Gasteiger charge is -2.39. The summed E-state index contributed by atoms with van der Waals surface area (Å²) in [5, 5.41) is 10.1. The molecule has 2 heterocycles. The average molecular weight is 556 g/mol. The molecule has 0 radical (unpaired) electrons. The van der Waals surface area contributed by atoms with E-state index in [1.165, 1.54) is 11.3 Å². The number of amides is 1. The van der Waals surface area contributed by atoms with Gasteiger partial charge >= 0.3 is 5.97 Å². The van der Waals surface area contributed by atoms with Gasteiger partial charge in [0.1, 0.15) is 11.0 Å². The zero-order valence-electron chi connectivity index (χ0n) is 24.4. The third kappa shape index (κ3) is 7.40. The maximum atomic E-state index is 14.1. The lowest BCUT2D eigenvalue weighted by molar-refractivity contribution is -0.124. The van der Waals surface area contributed by atoms with Crippen LogP contribution in [0, 0.1) is 11.8 Å². The lowest BCUT2D eigenvalue weighted by Crippen LogP contribution is -2.47. The van der Waals surface area contributed by atoms with Gasteiger partial charge in [0.05, 0.1) is 5.69 Å². The Morgan fingerprint density at radius 2 is 1.72 bits per heavy atom. The predicted octanol–water partition coefficient (Wildman–Crippen LogP) is 6.75. The second-order valence-corrected chi connectivity index (χ2v) is 13.9. The van der Waals surface area contributed by atoms with E-state index in [1.54, 1.807) is 6.20 Å². The van der Waals surface area contributed by atoms with Gasteiger partial charge in [-0.2, -0.15) is 0 Å². The van der Waals surface area contributed by atoms with Crippen molar-refractivity contribution in [3.05, 3.63) is 39.7 Å². The van der Waals surface area contributed by atoms with E-state index in [4.69, 9.17) is 4.74 Å². The van der Waals surface area contributed by atoms with Crippen molar-refractivity contribution in [1.82, 2.24) is 9.88 Å². The van der Waals surface area contributed by atoms with E-state index in [0.29, 0.717) is 17.5 Å². The van der Waals surface area contributed by atoms with Gasteiger partial charge in [-0.1, -0.05) is 27.7 Å². The Morgan fingerprint density at radius 1 is 1.05 bits per heavy atom. The maximum Gasteiger partial charge on any atom is 0.348 e. The van der Waals surface area contributed by atoms with Gasteiger partial charge in [-0.05, 0) is 94.5 Å². The molecule has 0 spiro atoms. The van der Waals surface area contributed by atoms with E-state index in [2.05, 4.69) is 37.6 Å². The van der Waals surface area contributed by atoms with Crippen LogP contribution >= 0.6 is 11.3 Å². The van der Waals surface area contributed by atoms with Crippen LogP contribution in [0.4, 0.5) is 5.69 Å². The maximum absolute atomic E-state index is 14.1. The minimum atomic E-state index is -0.957. The Labute approximate surface area is 237 Å². The van der Waals surface area contributed by atoms with Crippen molar-refractivity contribution in [1.29, 1.82) is 0 Å². The van der Waals surface area contributed by atoms with Crippen molar-refractivity contribution in [3.8, 4) is 5.88 Å². The summed E-state index contributed by atoms with van der Waals surface area (Å²) < 4.78 is 6.29. The molecule has 0 aliphatic heterocycles. The number of hydrogen-bond donors (Lipinski definition) is 1. The Hall–Kier alpha value is -2.45. The van der Waals surface area contributed by atoms with E-state index < -0.39 is 5.97 Å². The standard InChI is InChI=1S/C31H45N3O4S/c1-20-7-9-22(10-8-20)29(35)34(25-18-26(31(2,3)4)39-28(25)30(36)37)23-11-13-24(14-12-23)38-27-17-21(15-16-32-27)19-33(5)6/h15-18,20,22-24H,7-14,19H2,1-6H3,(H,36,37). The molecule has 8 heteroatoms. The Balaban J connectivity index is 1.55. The van der Waals surface area contributed by atoms with Crippen molar-refractivity contribution in [2.75, 3.05) is 19.0 Å². The summed E-state index contributed by atoms with van der Waals surface area (Å²) in [4.78, 5) is 36.2. The van der Waals surface area contributed by atoms with Gasteiger partial charge in [0.15, 0.2) is 0 Å². The molecule has 4 rings (SSSR count). The van der Waals surface area contributed by atoms with E-state index in [-0.39, 0.29) is 34.3 Å². The highest BCUT2D eigenvalue weighted by Crippen LogP contribution is 2.42. The largest absolute Gasteiger partial charge is 0.477 e. The first-order chi connectivity index (χ1) is 18.4. The Bertz CT molecular complexity index is 1140. The number of thiophene rings is 1. The molecule has 39 heavy (non-hydrogen) atoms. The van der Waals surface area contributed by atoms with E-state index in [1.807, 2.05) is 37.2 Å². The normalized spacial score (nSPS) is 24.0. The number of ether oxygens (including phenoxy) is 1. The van der Waals surface area contributed by atoms with Crippen LogP contribution in [-0.2, 0) is 16.8 Å². The predicted molar refractivity (Wildman–Crippen MR) is 157 cm³/mol.